The molecule has 72 heavy (non-hydrogen) atoms. The Labute approximate surface area is 451 Å². The quantitative estimate of drug-likeness (QED) is 0.137. The molecule has 390 valence electrons. The molecule has 2 spiro atoms. The van der Waals surface area contributed by atoms with Gasteiger partial charge in [0.1, 0.15) is 5.76 Å². The van der Waals surface area contributed by atoms with Crippen LogP contribution in [0.5, 0.6) is 0 Å². The second-order valence-electron chi connectivity index (χ2n) is 32.6. The average molecular weight is 1130 g/mol. The van der Waals surface area contributed by atoms with Crippen molar-refractivity contribution in [1.29, 1.82) is 0 Å². The van der Waals surface area contributed by atoms with Crippen LogP contribution in [0.3, 0.4) is 0 Å². The summed E-state index contributed by atoms with van der Waals surface area (Å²) in [6, 6.07) is 35.5. The van der Waals surface area contributed by atoms with Crippen LogP contribution in [0.1, 0.15) is 42.4 Å². The zero-order chi connectivity index (χ0) is 53.5. The summed E-state index contributed by atoms with van der Waals surface area (Å²) in [5, 5.41) is 0. The van der Waals surface area contributed by atoms with Gasteiger partial charge < -0.3 is 4.43 Å². The topological polar surface area (TPSA) is 9.23 Å². The Kier molecular flexibility index (Phi) is 12.7. The fraction of sp³-hybridized carbons (Fsp3) is 0.574. The molecule has 3 aromatic rings. The fourth-order valence-corrected chi connectivity index (χ4v) is 132. The molecule has 3 fully saturated rings. The predicted octanol–water partition coefficient (Wildman–Crippen LogP) is 20.0. The summed E-state index contributed by atoms with van der Waals surface area (Å²) in [7, 11) is -21.7. The Morgan fingerprint density at radius 2 is 0.653 bits per heavy atom. The minimum atomic E-state index is -3.13. The lowest BCUT2D eigenvalue weighted by molar-refractivity contribution is 0.382. The van der Waals surface area contributed by atoms with Gasteiger partial charge in [0, 0.05) is 92.4 Å². The molecule has 6 aliphatic rings. The standard InChI is InChI=1S/C61H100OSi10/c1-63(2,3)58(64(4,5)6)42-43-59(65(7,8)9,66(10,11)12)71(58)49-40-41-50(71)57-54(49)55-52(47-36-30-26-31-37-47)51(46-34-28-25-29-35-46)53(48-38-32-27-33-39-48)56(55)62-72(57)60(67(13,14)15,68(16,17)18)44-45-61(72,69(19,20)21)70(22,23)24/h25-41,49-50,57H,42-45H2,1-24H3/t49-,50+,57-/m0/s1. The minimum Gasteiger partial charge on any atom is -0.542 e. The first-order valence-corrected chi connectivity index (χ1v) is 60.7. The number of benzene rings is 3. The van der Waals surface area contributed by atoms with Crippen LogP contribution in [0, 0.1) is 0 Å². The van der Waals surface area contributed by atoms with Crippen molar-refractivity contribution in [2.75, 3.05) is 0 Å². The highest BCUT2D eigenvalue weighted by atomic mass is 28.5. The first-order chi connectivity index (χ1) is 32.8. The van der Waals surface area contributed by atoms with E-state index in [-0.39, 0.29) is 8.57 Å². The molecule has 11 heteroatoms. The van der Waals surface area contributed by atoms with Crippen molar-refractivity contribution in [2.24, 2.45) is 0 Å². The number of hydrogen-bond acceptors (Lipinski definition) is 1. The average Bonchev–Trinajstić information content (AvgIpc) is 4.03. The summed E-state index contributed by atoms with van der Waals surface area (Å²) < 4.78 is 11.3. The van der Waals surface area contributed by atoms with Crippen molar-refractivity contribution in [3.05, 3.63) is 137 Å². The van der Waals surface area contributed by atoms with E-state index >= 15 is 0 Å². The van der Waals surface area contributed by atoms with Gasteiger partial charge in [0.05, 0.1) is 8.07 Å². The molecule has 5 aliphatic heterocycles. The van der Waals surface area contributed by atoms with Gasteiger partial charge in [-0.05, 0) is 44.9 Å². The molecule has 9 rings (SSSR count). The van der Waals surface area contributed by atoms with Gasteiger partial charge in [-0.1, -0.05) is 292 Å². The van der Waals surface area contributed by atoms with Crippen molar-refractivity contribution in [2.45, 2.75) is 217 Å². The summed E-state index contributed by atoms with van der Waals surface area (Å²) in [4.78, 5) is 0. The van der Waals surface area contributed by atoms with Crippen molar-refractivity contribution < 1.29 is 4.43 Å². The van der Waals surface area contributed by atoms with Gasteiger partial charge >= 0.3 is 0 Å². The summed E-state index contributed by atoms with van der Waals surface area (Å²) in [5.74, 6) is 1.36. The van der Waals surface area contributed by atoms with E-state index in [4.69, 9.17) is 0 Å². The van der Waals surface area contributed by atoms with Gasteiger partial charge in [-0.2, -0.15) is 0 Å². The van der Waals surface area contributed by atoms with E-state index in [1.165, 1.54) is 64.9 Å². The van der Waals surface area contributed by atoms with Gasteiger partial charge in [0.2, 0.25) is 0 Å². The van der Waals surface area contributed by atoms with E-state index in [0.29, 0.717) is 25.2 Å². The van der Waals surface area contributed by atoms with Gasteiger partial charge in [-0.3, -0.25) is 0 Å². The number of allylic oxidation sites excluding steroid dienone is 6. The Morgan fingerprint density at radius 3 is 0.972 bits per heavy atom. The highest BCUT2D eigenvalue weighted by Crippen LogP contribution is 2.93. The largest absolute Gasteiger partial charge is 0.542 e. The van der Waals surface area contributed by atoms with Gasteiger partial charge in [-0.25, -0.2) is 0 Å². The van der Waals surface area contributed by atoms with Crippen LogP contribution >= 0.6 is 0 Å². The molecule has 0 saturated carbocycles. The Hall–Kier alpha value is -1.41. The molecule has 0 aromatic heterocycles. The van der Waals surface area contributed by atoms with Crippen LogP contribution in [0.2, 0.25) is 191 Å². The van der Waals surface area contributed by atoms with E-state index in [0.717, 1.165) is 0 Å². The lowest BCUT2D eigenvalue weighted by Gasteiger charge is -2.71. The van der Waals surface area contributed by atoms with Crippen molar-refractivity contribution >= 4 is 97.7 Å². The molecule has 0 amide bonds. The van der Waals surface area contributed by atoms with Crippen LogP contribution in [0.15, 0.2) is 120 Å². The summed E-state index contributed by atoms with van der Waals surface area (Å²) in [5.41, 5.74) is 13.7. The van der Waals surface area contributed by atoms with E-state index in [2.05, 4.69) is 260 Å². The van der Waals surface area contributed by atoms with Gasteiger partial charge in [0.15, 0.2) is 0 Å². The zero-order valence-electron chi connectivity index (χ0n) is 50.3. The monoisotopic (exact) mass is 1130 g/mol. The Balaban J connectivity index is 1.68. The third-order valence-corrected chi connectivity index (χ3v) is 102. The molecule has 0 radical (unpaired) electrons. The molecule has 3 aromatic carbocycles. The molecule has 0 N–H and O–H groups in total. The van der Waals surface area contributed by atoms with Crippen LogP contribution in [-0.2, 0) is 4.43 Å². The maximum Gasteiger partial charge on any atom is 0.260 e. The zero-order valence-corrected chi connectivity index (χ0v) is 60.3. The molecule has 1 nitrogen and oxygen atoms in total. The van der Waals surface area contributed by atoms with Crippen LogP contribution < -0.4 is 0 Å². The molecule has 3 atom stereocenters. The van der Waals surface area contributed by atoms with E-state index < -0.39 is 81.0 Å². The Morgan fingerprint density at radius 1 is 0.361 bits per heavy atom. The highest BCUT2D eigenvalue weighted by Gasteiger charge is 2.94. The third-order valence-electron chi connectivity index (χ3n) is 22.6. The van der Waals surface area contributed by atoms with Crippen molar-refractivity contribution in [1.82, 2.24) is 0 Å². The molecule has 0 unspecified atom stereocenters. The lowest BCUT2D eigenvalue weighted by Crippen LogP contribution is -2.80. The Bertz CT molecular complexity index is 2630. The van der Waals surface area contributed by atoms with E-state index in [1.807, 2.05) is 5.57 Å². The molecule has 5 heterocycles. The van der Waals surface area contributed by atoms with Crippen LogP contribution in [0.4, 0.5) is 0 Å². The van der Waals surface area contributed by atoms with Crippen molar-refractivity contribution in [3.63, 3.8) is 0 Å². The van der Waals surface area contributed by atoms with E-state index in [1.54, 1.807) is 5.57 Å². The number of hydrogen-bond donors (Lipinski definition) is 0. The van der Waals surface area contributed by atoms with Crippen LogP contribution in [0.25, 0.3) is 16.7 Å². The first-order valence-electron chi connectivity index (χ1n) is 28.6. The van der Waals surface area contributed by atoms with Gasteiger partial charge in [-0.15, -0.1) is 0 Å². The smallest absolute Gasteiger partial charge is 0.260 e. The second-order valence-corrected chi connectivity index (χ2v) is 90.1. The SMILES string of the molecule is C[Si](C)(C)C1([Si](C)(C)C)CCC([Si](C)(C)C)([Si](C)(C)C)[Si]12OC1=C(c3ccccc3)C(c3ccccc3)=C(c3ccccc3)C1=C1[C@@H]2[C@H]2C=C[C@@H]1[Si]21C([Si](C)(C)C)([Si](C)(C)C)CCC1([Si](C)(C)C)[Si](C)(C)C. The molecular formula is C61H100OSi10. The summed E-state index contributed by atoms with van der Waals surface area (Å²) in [6.45, 7) is 70.3. The first kappa shape index (κ1) is 55.3. The molecule has 2 bridgehead atoms. The lowest BCUT2D eigenvalue weighted by atomic mass is 9.86. The summed E-state index contributed by atoms with van der Waals surface area (Å²) >= 11 is 0. The van der Waals surface area contributed by atoms with Gasteiger partial charge in [0.25, 0.3) is 8.32 Å². The number of rotatable bonds is 11. The maximum absolute atomic E-state index is 9.81. The molecular weight excluding hydrogens is 1030 g/mol. The predicted molar refractivity (Wildman–Crippen MR) is 349 cm³/mol. The molecule has 3 saturated heterocycles. The van der Waals surface area contributed by atoms with E-state index in [9.17, 15) is 4.43 Å². The maximum atomic E-state index is 9.81. The second kappa shape index (κ2) is 16.6. The summed E-state index contributed by atoms with van der Waals surface area (Å²) in [6.07, 6.45) is 12.0. The number of fused-ring (bicyclic) bond motifs is 5. The normalized spacial score (nSPS) is 26.2. The minimum absolute atomic E-state index is 0.265. The third kappa shape index (κ3) is 6.44. The molecule has 1 aliphatic carbocycles. The fourth-order valence-electron chi connectivity index (χ4n) is 22.8. The van der Waals surface area contributed by atoms with Crippen LogP contribution in [-0.4, -0.2) is 81.0 Å². The van der Waals surface area contributed by atoms with Crippen molar-refractivity contribution in [3.8, 4) is 0 Å². The highest BCUT2D eigenvalue weighted by molar-refractivity contribution is 7.31.